The predicted octanol–water partition coefficient (Wildman–Crippen LogP) is 6.54. The van der Waals surface area contributed by atoms with Crippen LogP contribution >= 0.6 is 0 Å². The second-order valence-corrected chi connectivity index (χ2v) is 10.1. The molecule has 0 N–H and O–H groups in total. The fourth-order valence-corrected chi connectivity index (χ4v) is 5.64. The molecule has 37 heavy (non-hydrogen) atoms. The maximum absolute atomic E-state index is 14.5. The maximum atomic E-state index is 14.5. The van der Waals surface area contributed by atoms with Gasteiger partial charge in [-0.2, -0.15) is 4.39 Å². The molecule has 0 spiro atoms. The third-order valence-corrected chi connectivity index (χ3v) is 7.51. The number of hydrogen-bond donors (Lipinski definition) is 0. The highest BCUT2D eigenvalue weighted by Gasteiger charge is 2.31. The van der Waals surface area contributed by atoms with E-state index in [1.165, 1.54) is 29.1 Å². The summed E-state index contributed by atoms with van der Waals surface area (Å²) in [7, 11) is 0. The maximum Gasteiger partial charge on any atom is 0.272 e. The van der Waals surface area contributed by atoms with E-state index < -0.39 is 11.9 Å². The molecule has 0 unspecified atom stereocenters. The van der Waals surface area contributed by atoms with Crippen LogP contribution in [0.25, 0.3) is 11.0 Å². The molecule has 4 heterocycles. The Morgan fingerprint density at radius 1 is 1.00 bits per heavy atom. The first kappa shape index (κ1) is 25.1. The molecule has 0 amide bonds. The van der Waals surface area contributed by atoms with E-state index in [2.05, 4.69) is 15.0 Å². The molecule has 1 fully saturated rings. The normalized spacial score (nSPS) is 18.3. The van der Waals surface area contributed by atoms with Crippen molar-refractivity contribution in [1.82, 2.24) is 19.5 Å². The number of hydrogen-bond acceptors (Lipinski definition) is 4. The largest absolute Gasteiger partial charge is 0.286 e. The van der Waals surface area contributed by atoms with E-state index in [4.69, 9.17) is 0 Å². The zero-order valence-electron chi connectivity index (χ0n) is 21.1. The standard InChI is InChI=1S/C29H29F3N4O/c1-17-12-14-34-26(30)25(17)20-10-8-19(9-11-20)22-15-21-7-6-18(2)35-27(21)36(28(22)37)16-24-23(29(3,31)32)5-4-13-33-24/h4-7,12-15,19-20H,8-11,16H2,1-3H3/t19-,20-. The number of aromatic nitrogens is 4. The fourth-order valence-electron chi connectivity index (χ4n) is 5.64. The summed E-state index contributed by atoms with van der Waals surface area (Å²) in [4.78, 5) is 26.5. The van der Waals surface area contributed by atoms with Gasteiger partial charge >= 0.3 is 0 Å². The molecule has 5 rings (SSSR count). The number of alkyl halides is 2. The van der Waals surface area contributed by atoms with Crippen molar-refractivity contribution in [2.24, 2.45) is 0 Å². The highest BCUT2D eigenvalue weighted by Crippen LogP contribution is 2.41. The van der Waals surface area contributed by atoms with Crippen LogP contribution in [0.2, 0.25) is 0 Å². The Balaban J connectivity index is 1.53. The van der Waals surface area contributed by atoms with E-state index in [0.29, 0.717) is 16.8 Å². The minimum atomic E-state index is -3.10. The van der Waals surface area contributed by atoms with E-state index in [-0.39, 0.29) is 35.2 Å². The highest BCUT2D eigenvalue weighted by atomic mass is 19.3. The Morgan fingerprint density at radius 3 is 2.43 bits per heavy atom. The van der Waals surface area contributed by atoms with E-state index in [1.807, 2.05) is 38.1 Å². The third kappa shape index (κ3) is 4.89. The number of aryl methyl sites for hydroxylation is 2. The van der Waals surface area contributed by atoms with Gasteiger partial charge in [-0.1, -0.05) is 0 Å². The van der Waals surface area contributed by atoms with Crippen LogP contribution in [0.5, 0.6) is 0 Å². The molecule has 0 atom stereocenters. The SMILES string of the molecule is Cc1ccc2cc([C@H]3CC[C@H](c4c(C)ccnc4F)CC3)c(=O)n(Cc3ncccc3C(C)(F)F)c2n1. The molecule has 4 aromatic heterocycles. The van der Waals surface area contributed by atoms with Gasteiger partial charge in [-0.15, -0.1) is 0 Å². The Labute approximate surface area is 213 Å². The average molecular weight is 507 g/mol. The summed E-state index contributed by atoms with van der Waals surface area (Å²) in [5.41, 5.74) is 3.07. The number of halogens is 3. The fraction of sp³-hybridized carbons (Fsp3) is 0.379. The lowest BCUT2D eigenvalue weighted by Gasteiger charge is -2.30. The van der Waals surface area contributed by atoms with Gasteiger partial charge in [0, 0.05) is 47.1 Å². The van der Waals surface area contributed by atoms with Crippen LogP contribution in [-0.4, -0.2) is 19.5 Å². The molecule has 0 radical (unpaired) electrons. The molecule has 8 heteroatoms. The van der Waals surface area contributed by atoms with Crippen LogP contribution in [0.3, 0.4) is 0 Å². The summed E-state index contributed by atoms with van der Waals surface area (Å²) in [5.74, 6) is -3.48. The molecule has 0 saturated heterocycles. The molecule has 0 aromatic carbocycles. The van der Waals surface area contributed by atoms with Crippen molar-refractivity contribution in [1.29, 1.82) is 0 Å². The second-order valence-electron chi connectivity index (χ2n) is 10.1. The Morgan fingerprint density at radius 2 is 1.73 bits per heavy atom. The van der Waals surface area contributed by atoms with Gasteiger partial charge in [0.25, 0.3) is 11.5 Å². The number of fused-ring (bicyclic) bond motifs is 1. The van der Waals surface area contributed by atoms with Crippen molar-refractivity contribution in [3.05, 3.63) is 98.7 Å². The summed E-state index contributed by atoms with van der Waals surface area (Å²) in [6.45, 7) is 4.46. The monoisotopic (exact) mass is 506 g/mol. The van der Waals surface area contributed by atoms with Crippen molar-refractivity contribution in [3.8, 4) is 0 Å². The van der Waals surface area contributed by atoms with Gasteiger partial charge in [0.1, 0.15) is 5.65 Å². The first-order valence-electron chi connectivity index (χ1n) is 12.6. The molecule has 1 saturated carbocycles. The lowest BCUT2D eigenvalue weighted by atomic mass is 9.75. The lowest BCUT2D eigenvalue weighted by Crippen LogP contribution is -2.29. The van der Waals surface area contributed by atoms with Gasteiger partial charge in [0.15, 0.2) is 0 Å². The summed E-state index contributed by atoms with van der Waals surface area (Å²) in [6, 6.07) is 10.3. The molecular weight excluding hydrogens is 477 g/mol. The summed E-state index contributed by atoms with van der Waals surface area (Å²) in [5, 5.41) is 0.775. The van der Waals surface area contributed by atoms with Crippen molar-refractivity contribution in [3.63, 3.8) is 0 Å². The average Bonchev–Trinajstić information content (AvgIpc) is 2.86. The quantitative estimate of drug-likeness (QED) is 0.288. The molecule has 0 aliphatic heterocycles. The van der Waals surface area contributed by atoms with Gasteiger partial charge in [-0.25, -0.2) is 18.7 Å². The van der Waals surface area contributed by atoms with Gasteiger partial charge in [0.05, 0.1) is 12.2 Å². The lowest BCUT2D eigenvalue weighted by molar-refractivity contribution is 0.0160. The first-order chi connectivity index (χ1) is 17.6. The first-order valence-corrected chi connectivity index (χ1v) is 12.6. The predicted molar refractivity (Wildman–Crippen MR) is 137 cm³/mol. The molecule has 192 valence electrons. The van der Waals surface area contributed by atoms with Crippen molar-refractivity contribution < 1.29 is 13.2 Å². The minimum absolute atomic E-state index is 0.0171. The van der Waals surface area contributed by atoms with Crippen LogP contribution in [0.4, 0.5) is 13.2 Å². The molecule has 5 nitrogen and oxygen atoms in total. The van der Waals surface area contributed by atoms with Crippen LogP contribution in [0.15, 0.2) is 53.6 Å². The summed E-state index contributed by atoms with van der Waals surface area (Å²) in [6.07, 6.45) is 5.87. The summed E-state index contributed by atoms with van der Waals surface area (Å²) >= 11 is 0. The van der Waals surface area contributed by atoms with Gasteiger partial charge in [0.2, 0.25) is 5.95 Å². The number of pyridine rings is 4. The molecule has 4 aromatic rings. The zero-order chi connectivity index (χ0) is 26.3. The van der Waals surface area contributed by atoms with E-state index in [0.717, 1.165) is 49.3 Å². The number of rotatable bonds is 5. The van der Waals surface area contributed by atoms with E-state index >= 15 is 0 Å². The number of nitrogens with zero attached hydrogens (tertiary/aromatic N) is 4. The van der Waals surface area contributed by atoms with Gasteiger partial charge in [-0.05, 0) is 93.3 Å². The van der Waals surface area contributed by atoms with Crippen molar-refractivity contribution in [2.45, 2.75) is 70.8 Å². The Hall–Kier alpha value is -3.55. The van der Waals surface area contributed by atoms with E-state index in [1.54, 1.807) is 0 Å². The molecule has 1 aliphatic rings. The van der Waals surface area contributed by atoms with Crippen molar-refractivity contribution >= 4 is 11.0 Å². The van der Waals surface area contributed by atoms with Gasteiger partial charge < -0.3 is 0 Å². The molecule has 0 bridgehead atoms. The van der Waals surface area contributed by atoms with Crippen molar-refractivity contribution in [2.75, 3.05) is 0 Å². The summed E-state index contributed by atoms with van der Waals surface area (Å²) < 4.78 is 44.6. The molecule has 1 aliphatic carbocycles. The van der Waals surface area contributed by atoms with Crippen LogP contribution in [-0.2, 0) is 12.5 Å². The van der Waals surface area contributed by atoms with Crippen LogP contribution in [0.1, 0.15) is 78.1 Å². The second kappa shape index (κ2) is 9.72. The Kier molecular flexibility index (Phi) is 6.60. The zero-order valence-corrected chi connectivity index (χ0v) is 21.1. The van der Waals surface area contributed by atoms with Crippen LogP contribution < -0.4 is 5.56 Å². The van der Waals surface area contributed by atoms with E-state index in [9.17, 15) is 18.0 Å². The van der Waals surface area contributed by atoms with Crippen LogP contribution in [0, 0.1) is 19.8 Å². The third-order valence-electron chi connectivity index (χ3n) is 7.51. The van der Waals surface area contributed by atoms with Gasteiger partial charge in [-0.3, -0.25) is 14.3 Å². The topological polar surface area (TPSA) is 60.7 Å². The Bertz CT molecular complexity index is 1500. The highest BCUT2D eigenvalue weighted by molar-refractivity contribution is 5.76. The minimum Gasteiger partial charge on any atom is -0.286 e. The smallest absolute Gasteiger partial charge is 0.272 e. The molecular formula is C29H29F3N4O.